The average molecular weight is 167 g/mol. The van der Waals surface area contributed by atoms with Gasteiger partial charge in [0.05, 0.1) is 6.10 Å². The molecule has 0 aromatic carbocycles. The van der Waals surface area contributed by atoms with Gasteiger partial charge in [-0.3, -0.25) is 4.79 Å². The van der Waals surface area contributed by atoms with Crippen LogP contribution in [0.5, 0.6) is 0 Å². The highest BCUT2D eigenvalue weighted by atomic mass is 16.6. The molecular formula is C9H13NO2. The first-order valence-electron chi connectivity index (χ1n) is 4.79. The molecule has 2 aliphatic heterocycles. The molecule has 1 amide bonds. The quantitative estimate of drug-likeness (QED) is 0.529. The van der Waals surface area contributed by atoms with Crippen LogP contribution in [0.25, 0.3) is 0 Å². The van der Waals surface area contributed by atoms with Gasteiger partial charge in [-0.1, -0.05) is 0 Å². The van der Waals surface area contributed by atoms with Gasteiger partial charge in [0.2, 0.25) is 5.91 Å². The van der Waals surface area contributed by atoms with Crippen LogP contribution in [0.4, 0.5) is 0 Å². The normalized spacial score (nSPS) is 39.2. The van der Waals surface area contributed by atoms with Crippen molar-refractivity contribution in [2.75, 3.05) is 13.1 Å². The molecule has 0 aromatic rings. The van der Waals surface area contributed by atoms with Gasteiger partial charge in [-0.15, -0.1) is 0 Å². The second kappa shape index (κ2) is 2.22. The number of likely N-dealkylation sites (tertiary alicyclic amines) is 1. The number of carbonyl (C=O) groups is 1. The molecule has 3 fully saturated rings. The summed E-state index contributed by atoms with van der Waals surface area (Å²) >= 11 is 0. The number of amides is 1. The lowest BCUT2D eigenvalue weighted by atomic mass is 10.1. The van der Waals surface area contributed by atoms with Crippen molar-refractivity contribution in [1.29, 1.82) is 0 Å². The van der Waals surface area contributed by atoms with Crippen LogP contribution in [-0.2, 0) is 9.53 Å². The average Bonchev–Trinajstić information content (AvgIpc) is 2.96. The molecule has 3 rings (SSSR count). The van der Waals surface area contributed by atoms with Crippen molar-refractivity contribution in [2.24, 2.45) is 5.92 Å². The van der Waals surface area contributed by atoms with Crippen LogP contribution in [0.2, 0.25) is 0 Å². The Morgan fingerprint density at radius 2 is 2.08 bits per heavy atom. The Morgan fingerprint density at radius 3 is 2.75 bits per heavy atom. The van der Waals surface area contributed by atoms with E-state index in [4.69, 9.17) is 4.74 Å². The van der Waals surface area contributed by atoms with E-state index < -0.39 is 0 Å². The maximum Gasteiger partial charge on any atom is 0.225 e. The zero-order valence-corrected chi connectivity index (χ0v) is 7.03. The number of hydrogen-bond acceptors (Lipinski definition) is 2. The fourth-order valence-corrected chi connectivity index (χ4v) is 1.97. The number of rotatable bonds is 1. The molecule has 0 bridgehead atoms. The zero-order valence-electron chi connectivity index (χ0n) is 7.03. The van der Waals surface area contributed by atoms with Crippen LogP contribution in [0.3, 0.4) is 0 Å². The van der Waals surface area contributed by atoms with E-state index in [-0.39, 0.29) is 0 Å². The van der Waals surface area contributed by atoms with Gasteiger partial charge in [0.15, 0.2) is 0 Å². The van der Waals surface area contributed by atoms with Crippen molar-refractivity contribution in [3.8, 4) is 0 Å². The predicted octanol–water partition coefficient (Wildman–Crippen LogP) is 0.396. The number of carbonyl (C=O) groups excluding carboxylic acids is 1. The summed E-state index contributed by atoms with van der Waals surface area (Å²) in [6.07, 6.45) is 4.17. The van der Waals surface area contributed by atoms with E-state index in [1.54, 1.807) is 0 Å². The SMILES string of the molecule is O=C(C1CC1)N1CC[C@@H]2O[C@@H]2C1. The molecule has 2 saturated heterocycles. The molecule has 2 heterocycles. The van der Waals surface area contributed by atoms with Crippen molar-refractivity contribution in [3.05, 3.63) is 0 Å². The molecule has 2 atom stereocenters. The summed E-state index contributed by atoms with van der Waals surface area (Å²) in [5.74, 6) is 0.754. The van der Waals surface area contributed by atoms with Crippen LogP contribution in [0.15, 0.2) is 0 Å². The molecule has 0 spiro atoms. The van der Waals surface area contributed by atoms with E-state index in [9.17, 15) is 4.79 Å². The molecule has 3 nitrogen and oxygen atoms in total. The van der Waals surface area contributed by atoms with Crippen molar-refractivity contribution in [2.45, 2.75) is 31.5 Å². The number of piperidine rings is 1. The second-order valence-electron chi connectivity index (χ2n) is 4.06. The number of hydrogen-bond donors (Lipinski definition) is 0. The second-order valence-corrected chi connectivity index (χ2v) is 4.06. The third-order valence-corrected chi connectivity index (χ3v) is 3.01. The van der Waals surface area contributed by atoms with E-state index in [0.29, 0.717) is 24.0 Å². The van der Waals surface area contributed by atoms with Crippen LogP contribution in [0.1, 0.15) is 19.3 Å². The Morgan fingerprint density at radius 1 is 1.25 bits per heavy atom. The molecule has 1 saturated carbocycles. The summed E-state index contributed by atoms with van der Waals surface area (Å²) in [6, 6.07) is 0. The third kappa shape index (κ3) is 1.04. The maximum atomic E-state index is 11.6. The largest absolute Gasteiger partial charge is 0.368 e. The first kappa shape index (κ1) is 6.89. The van der Waals surface area contributed by atoms with Gasteiger partial charge in [0.1, 0.15) is 6.10 Å². The minimum Gasteiger partial charge on any atom is -0.368 e. The molecule has 0 radical (unpaired) electrons. The molecule has 0 unspecified atom stereocenters. The zero-order chi connectivity index (χ0) is 8.13. The minimum atomic E-state index is 0.375. The number of fused-ring (bicyclic) bond motifs is 1. The van der Waals surface area contributed by atoms with E-state index in [0.717, 1.165) is 32.4 Å². The molecule has 0 aromatic heterocycles. The van der Waals surface area contributed by atoms with Gasteiger partial charge in [-0.05, 0) is 19.3 Å². The van der Waals surface area contributed by atoms with E-state index in [1.807, 2.05) is 4.90 Å². The Kier molecular flexibility index (Phi) is 1.28. The summed E-state index contributed by atoms with van der Waals surface area (Å²) in [7, 11) is 0. The van der Waals surface area contributed by atoms with Gasteiger partial charge < -0.3 is 9.64 Å². The van der Waals surface area contributed by atoms with E-state index in [2.05, 4.69) is 0 Å². The lowest BCUT2D eigenvalue weighted by Crippen LogP contribution is -2.40. The highest BCUT2D eigenvalue weighted by Gasteiger charge is 2.46. The first-order chi connectivity index (χ1) is 5.84. The van der Waals surface area contributed by atoms with Crippen molar-refractivity contribution >= 4 is 5.91 Å². The highest BCUT2D eigenvalue weighted by molar-refractivity contribution is 5.81. The highest BCUT2D eigenvalue weighted by Crippen LogP contribution is 2.35. The van der Waals surface area contributed by atoms with Gasteiger partial charge in [0, 0.05) is 19.0 Å². The third-order valence-electron chi connectivity index (χ3n) is 3.01. The Bertz CT molecular complexity index is 225. The summed E-state index contributed by atoms with van der Waals surface area (Å²) in [4.78, 5) is 13.6. The van der Waals surface area contributed by atoms with Gasteiger partial charge in [-0.2, -0.15) is 0 Å². The number of epoxide rings is 1. The fraction of sp³-hybridized carbons (Fsp3) is 0.889. The topological polar surface area (TPSA) is 32.8 Å². The summed E-state index contributed by atoms with van der Waals surface area (Å²) in [5.41, 5.74) is 0. The monoisotopic (exact) mass is 167 g/mol. The smallest absolute Gasteiger partial charge is 0.225 e. The van der Waals surface area contributed by atoms with Crippen molar-refractivity contribution in [1.82, 2.24) is 4.90 Å². The Hall–Kier alpha value is -0.570. The fourth-order valence-electron chi connectivity index (χ4n) is 1.97. The van der Waals surface area contributed by atoms with Gasteiger partial charge in [0.25, 0.3) is 0 Å². The van der Waals surface area contributed by atoms with Crippen LogP contribution in [-0.4, -0.2) is 36.1 Å². The minimum absolute atomic E-state index is 0.375. The molecule has 66 valence electrons. The Labute approximate surface area is 71.7 Å². The number of ether oxygens (including phenoxy) is 1. The van der Waals surface area contributed by atoms with Crippen molar-refractivity contribution in [3.63, 3.8) is 0 Å². The van der Waals surface area contributed by atoms with Gasteiger partial charge in [-0.25, -0.2) is 0 Å². The van der Waals surface area contributed by atoms with Crippen LogP contribution < -0.4 is 0 Å². The Balaban J connectivity index is 1.63. The summed E-state index contributed by atoms with van der Waals surface area (Å²) < 4.78 is 5.36. The summed E-state index contributed by atoms with van der Waals surface area (Å²) in [6.45, 7) is 1.79. The van der Waals surface area contributed by atoms with Crippen molar-refractivity contribution < 1.29 is 9.53 Å². The lowest BCUT2D eigenvalue weighted by Gasteiger charge is -2.24. The van der Waals surface area contributed by atoms with Crippen LogP contribution in [0, 0.1) is 5.92 Å². The van der Waals surface area contributed by atoms with E-state index >= 15 is 0 Å². The van der Waals surface area contributed by atoms with E-state index in [1.165, 1.54) is 0 Å². The first-order valence-corrected chi connectivity index (χ1v) is 4.79. The maximum absolute atomic E-state index is 11.6. The molecule has 0 N–H and O–H groups in total. The predicted molar refractivity (Wildman–Crippen MR) is 42.6 cm³/mol. The van der Waals surface area contributed by atoms with Gasteiger partial charge >= 0.3 is 0 Å². The lowest BCUT2D eigenvalue weighted by molar-refractivity contribution is -0.133. The number of nitrogens with zero attached hydrogens (tertiary/aromatic N) is 1. The standard InChI is InChI=1S/C9H13NO2/c11-9(6-1-2-6)10-4-3-7-8(5-10)12-7/h6-8H,1-5H2/t7-,8+/m0/s1. The molecular weight excluding hydrogens is 154 g/mol. The molecule has 12 heavy (non-hydrogen) atoms. The molecule has 3 aliphatic rings. The summed E-state index contributed by atoms with van der Waals surface area (Å²) in [5, 5.41) is 0. The molecule has 3 heteroatoms. The van der Waals surface area contributed by atoms with Crippen LogP contribution >= 0.6 is 0 Å². The molecule has 1 aliphatic carbocycles.